The first-order valence-corrected chi connectivity index (χ1v) is 7.18. The molecule has 0 aromatic heterocycles. The Hall–Kier alpha value is 0.270. The van der Waals surface area contributed by atoms with Crippen LogP contribution in [0.15, 0.2) is 0 Å². The van der Waals surface area contributed by atoms with Crippen molar-refractivity contribution in [3.63, 3.8) is 0 Å². The Bertz CT molecular complexity index is 133. The van der Waals surface area contributed by atoms with Crippen LogP contribution in [-0.2, 0) is 0 Å². The molecular weight excluding hydrogens is 192 g/mol. The number of likely N-dealkylation sites (tertiary alicyclic amines) is 1. The van der Waals surface area contributed by atoms with E-state index in [0.29, 0.717) is 0 Å². The summed E-state index contributed by atoms with van der Waals surface area (Å²) in [4.78, 5) is 2.55. The van der Waals surface area contributed by atoms with Crippen molar-refractivity contribution in [1.82, 2.24) is 10.2 Å². The fourth-order valence-corrected chi connectivity index (χ4v) is 2.34. The number of thioether (sulfide) groups is 1. The molecule has 1 fully saturated rings. The van der Waals surface area contributed by atoms with Crippen molar-refractivity contribution >= 4 is 11.8 Å². The van der Waals surface area contributed by atoms with Crippen molar-refractivity contribution < 1.29 is 0 Å². The monoisotopic (exact) mass is 216 g/mol. The molecule has 3 heteroatoms. The van der Waals surface area contributed by atoms with Crippen molar-refractivity contribution in [1.29, 1.82) is 0 Å². The average Bonchev–Trinajstić information content (AvgIpc) is 2.25. The van der Waals surface area contributed by atoms with Crippen LogP contribution < -0.4 is 5.32 Å². The molecule has 0 radical (unpaired) electrons. The number of piperidine rings is 1. The first kappa shape index (κ1) is 12.3. The second kappa shape index (κ2) is 7.55. The maximum absolute atomic E-state index is 3.55. The SMILES string of the molecule is CCN1CCC(CNCCSC)CC1. The van der Waals surface area contributed by atoms with Gasteiger partial charge in [0.25, 0.3) is 0 Å². The minimum Gasteiger partial charge on any atom is -0.316 e. The summed E-state index contributed by atoms with van der Waals surface area (Å²) in [5.41, 5.74) is 0. The third-order valence-electron chi connectivity index (χ3n) is 3.07. The number of hydrogen-bond donors (Lipinski definition) is 1. The largest absolute Gasteiger partial charge is 0.316 e. The van der Waals surface area contributed by atoms with Gasteiger partial charge in [-0.2, -0.15) is 11.8 Å². The molecular formula is C11H24N2S. The van der Waals surface area contributed by atoms with Gasteiger partial charge in [-0.05, 0) is 51.2 Å². The van der Waals surface area contributed by atoms with Gasteiger partial charge < -0.3 is 10.2 Å². The molecule has 14 heavy (non-hydrogen) atoms. The molecule has 0 bridgehead atoms. The molecule has 0 atom stereocenters. The normalized spacial score (nSPS) is 20.1. The third kappa shape index (κ3) is 4.67. The van der Waals surface area contributed by atoms with Crippen molar-refractivity contribution in [3.8, 4) is 0 Å². The first-order chi connectivity index (χ1) is 6.86. The molecule has 0 saturated carbocycles. The molecule has 0 aromatic rings. The standard InChI is InChI=1S/C11H24N2S/c1-3-13-7-4-11(5-8-13)10-12-6-9-14-2/h11-12H,3-10H2,1-2H3. The lowest BCUT2D eigenvalue weighted by Crippen LogP contribution is -2.37. The first-order valence-electron chi connectivity index (χ1n) is 5.78. The lowest BCUT2D eigenvalue weighted by atomic mass is 9.97. The maximum Gasteiger partial charge on any atom is 0.00553 e. The molecule has 1 N–H and O–H groups in total. The average molecular weight is 216 g/mol. The van der Waals surface area contributed by atoms with Gasteiger partial charge in [0.05, 0.1) is 0 Å². The Labute approximate surface area is 92.8 Å². The van der Waals surface area contributed by atoms with Crippen molar-refractivity contribution in [3.05, 3.63) is 0 Å². The van der Waals surface area contributed by atoms with Crippen LogP contribution in [0, 0.1) is 5.92 Å². The summed E-state index contributed by atoms with van der Waals surface area (Å²) in [5, 5.41) is 3.55. The van der Waals surface area contributed by atoms with Crippen LogP contribution in [-0.4, -0.2) is 49.6 Å². The second-order valence-corrected chi connectivity index (χ2v) is 5.06. The zero-order chi connectivity index (χ0) is 10.2. The predicted octanol–water partition coefficient (Wildman–Crippen LogP) is 1.67. The minimum absolute atomic E-state index is 0.930. The fraction of sp³-hybridized carbons (Fsp3) is 1.00. The summed E-state index contributed by atoms with van der Waals surface area (Å²) < 4.78 is 0. The van der Waals surface area contributed by atoms with E-state index in [9.17, 15) is 0 Å². The van der Waals surface area contributed by atoms with Crippen molar-refractivity contribution in [2.45, 2.75) is 19.8 Å². The van der Waals surface area contributed by atoms with Crippen LogP contribution in [0.4, 0.5) is 0 Å². The molecule has 0 unspecified atom stereocenters. The van der Waals surface area contributed by atoms with E-state index in [0.717, 1.165) is 5.92 Å². The van der Waals surface area contributed by atoms with Crippen molar-refractivity contribution in [2.75, 3.05) is 44.7 Å². The smallest absolute Gasteiger partial charge is 0.00553 e. The van der Waals surface area contributed by atoms with E-state index in [-0.39, 0.29) is 0 Å². The van der Waals surface area contributed by atoms with Crippen LogP contribution in [0.2, 0.25) is 0 Å². The molecule has 84 valence electrons. The van der Waals surface area contributed by atoms with Crippen LogP contribution in [0.3, 0.4) is 0 Å². The van der Waals surface area contributed by atoms with E-state index in [1.165, 1.54) is 51.3 Å². The van der Waals surface area contributed by atoms with Gasteiger partial charge in [-0.1, -0.05) is 6.92 Å². The molecule has 1 aliphatic rings. The third-order valence-corrected chi connectivity index (χ3v) is 3.68. The van der Waals surface area contributed by atoms with Crippen LogP contribution >= 0.6 is 11.8 Å². The zero-order valence-electron chi connectivity index (χ0n) is 9.59. The number of nitrogens with one attached hydrogen (secondary N) is 1. The molecule has 1 heterocycles. The minimum atomic E-state index is 0.930. The number of nitrogens with zero attached hydrogens (tertiary/aromatic N) is 1. The van der Waals surface area contributed by atoms with E-state index in [2.05, 4.69) is 23.4 Å². The van der Waals surface area contributed by atoms with Gasteiger partial charge in [-0.25, -0.2) is 0 Å². The van der Waals surface area contributed by atoms with Crippen molar-refractivity contribution in [2.24, 2.45) is 5.92 Å². The molecule has 1 aliphatic heterocycles. The lowest BCUT2D eigenvalue weighted by Gasteiger charge is -2.31. The van der Waals surface area contributed by atoms with Crippen LogP contribution in [0.5, 0.6) is 0 Å². The predicted molar refractivity (Wildman–Crippen MR) is 66.1 cm³/mol. The fourth-order valence-electron chi connectivity index (χ4n) is 1.99. The summed E-state index contributed by atoms with van der Waals surface area (Å²) in [6.07, 6.45) is 4.95. The highest BCUT2D eigenvalue weighted by atomic mass is 32.2. The molecule has 0 spiro atoms. The Morgan fingerprint density at radius 2 is 2.07 bits per heavy atom. The Kier molecular flexibility index (Phi) is 6.65. The Morgan fingerprint density at radius 3 is 2.64 bits per heavy atom. The topological polar surface area (TPSA) is 15.3 Å². The Balaban J connectivity index is 1.98. The van der Waals surface area contributed by atoms with Gasteiger partial charge in [0.15, 0.2) is 0 Å². The molecule has 1 saturated heterocycles. The highest BCUT2D eigenvalue weighted by molar-refractivity contribution is 7.98. The molecule has 0 aromatic carbocycles. The van der Waals surface area contributed by atoms with Gasteiger partial charge in [-0.3, -0.25) is 0 Å². The summed E-state index contributed by atoms with van der Waals surface area (Å²) in [6, 6.07) is 0. The molecule has 0 amide bonds. The van der Waals surface area contributed by atoms with E-state index in [4.69, 9.17) is 0 Å². The number of hydrogen-bond acceptors (Lipinski definition) is 3. The van der Waals surface area contributed by atoms with E-state index >= 15 is 0 Å². The van der Waals surface area contributed by atoms with E-state index < -0.39 is 0 Å². The van der Waals surface area contributed by atoms with Gasteiger partial charge >= 0.3 is 0 Å². The van der Waals surface area contributed by atoms with Gasteiger partial charge in [0.1, 0.15) is 0 Å². The van der Waals surface area contributed by atoms with Gasteiger partial charge in [0, 0.05) is 12.3 Å². The second-order valence-electron chi connectivity index (χ2n) is 4.07. The van der Waals surface area contributed by atoms with E-state index in [1.807, 2.05) is 11.8 Å². The van der Waals surface area contributed by atoms with E-state index in [1.54, 1.807) is 0 Å². The maximum atomic E-state index is 3.55. The highest BCUT2D eigenvalue weighted by Crippen LogP contribution is 2.15. The summed E-state index contributed by atoms with van der Waals surface area (Å²) in [6.45, 7) is 8.52. The summed E-state index contributed by atoms with van der Waals surface area (Å²) in [5.74, 6) is 2.17. The molecule has 0 aliphatic carbocycles. The summed E-state index contributed by atoms with van der Waals surface area (Å²) in [7, 11) is 0. The Morgan fingerprint density at radius 1 is 1.36 bits per heavy atom. The van der Waals surface area contributed by atoms with Gasteiger partial charge in [0.2, 0.25) is 0 Å². The summed E-state index contributed by atoms with van der Waals surface area (Å²) >= 11 is 1.92. The van der Waals surface area contributed by atoms with Gasteiger partial charge in [-0.15, -0.1) is 0 Å². The van der Waals surface area contributed by atoms with Crippen LogP contribution in [0.1, 0.15) is 19.8 Å². The molecule has 1 rings (SSSR count). The van der Waals surface area contributed by atoms with Crippen LogP contribution in [0.25, 0.3) is 0 Å². The molecule has 2 nitrogen and oxygen atoms in total. The highest BCUT2D eigenvalue weighted by Gasteiger charge is 2.16. The zero-order valence-corrected chi connectivity index (χ0v) is 10.4. The lowest BCUT2D eigenvalue weighted by molar-refractivity contribution is 0.190. The number of rotatable bonds is 6. The quantitative estimate of drug-likeness (QED) is 0.680.